The third-order valence-electron chi connectivity index (χ3n) is 5.79. The van der Waals surface area contributed by atoms with Crippen LogP contribution in [0.5, 0.6) is 0 Å². The quantitative estimate of drug-likeness (QED) is 0.832. The molecule has 4 rings (SSSR count). The molecule has 3 saturated heterocycles. The third-order valence-corrected chi connectivity index (χ3v) is 6.56. The van der Waals surface area contributed by atoms with E-state index in [0.717, 1.165) is 45.4 Å². The molecule has 1 aromatic rings. The first-order chi connectivity index (χ1) is 11.8. The van der Waals surface area contributed by atoms with Crippen LogP contribution in [0.3, 0.4) is 0 Å². The molecule has 0 aromatic carbocycles. The summed E-state index contributed by atoms with van der Waals surface area (Å²) in [7, 11) is 0. The van der Waals surface area contributed by atoms with E-state index in [9.17, 15) is 0 Å². The number of thiazole rings is 1. The molecule has 0 atom stereocenters. The summed E-state index contributed by atoms with van der Waals surface area (Å²) in [6.07, 6.45) is 6.72. The van der Waals surface area contributed by atoms with Crippen LogP contribution in [-0.2, 0) is 16.0 Å². The lowest BCUT2D eigenvalue weighted by Crippen LogP contribution is -2.57. The van der Waals surface area contributed by atoms with Crippen LogP contribution < -0.4 is 0 Å². The normalized spacial score (nSPS) is 26.8. The fourth-order valence-electron chi connectivity index (χ4n) is 4.32. The van der Waals surface area contributed by atoms with Crippen LogP contribution in [-0.4, -0.2) is 72.9 Å². The highest BCUT2D eigenvalue weighted by atomic mass is 32.1. The first-order valence-corrected chi connectivity index (χ1v) is 10.2. The minimum atomic E-state index is 0.0850. The smallest absolute Gasteiger partial charge is 0.107 e. The Morgan fingerprint density at radius 2 is 1.96 bits per heavy atom. The number of ether oxygens (including phenoxy) is 2. The van der Waals surface area contributed by atoms with Gasteiger partial charge in [-0.25, -0.2) is 4.98 Å². The van der Waals surface area contributed by atoms with Crippen molar-refractivity contribution in [1.29, 1.82) is 0 Å². The fourth-order valence-corrected chi connectivity index (χ4v) is 4.98. The second kappa shape index (κ2) is 7.79. The van der Waals surface area contributed by atoms with Gasteiger partial charge in [-0.3, -0.25) is 4.90 Å². The molecule has 0 amide bonds. The largest absolute Gasteiger partial charge is 0.381 e. The summed E-state index contributed by atoms with van der Waals surface area (Å²) in [5.41, 5.74) is 0.0850. The summed E-state index contributed by atoms with van der Waals surface area (Å²) in [6, 6.07) is 0. The van der Waals surface area contributed by atoms with Crippen LogP contribution in [0.15, 0.2) is 11.6 Å². The number of nitrogens with zero attached hydrogens (tertiary/aromatic N) is 3. The minimum absolute atomic E-state index is 0.0850. The van der Waals surface area contributed by atoms with E-state index in [1.54, 1.807) is 11.3 Å². The lowest BCUT2D eigenvalue weighted by molar-refractivity contribution is -0.138. The van der Waals surface area contributed by atoms with Gasteiger partial charge in [-0.2, -0.15) is 0 Å². The molecule has 3 aliphatic heterocycles. The molecule has 5 nitrogen and oxygen atoms in total. The van der Waals surface area contributed by atoms with Crippen molar-refractivity contribution in [3.05, 3.63) is 16.6 Å². The van der Waals surface area contributed by atoms with Gasteiger partial charge in [0.05, 0.1) is 18.8 Å². The Hall–Kier alpha value is -0.530. The second-order valence-electron chi connectivity index (χ2n) is 7.52. The van der Waals surface area contributed by atoms with Crippen molar-refractivity contribution in [1.82, 2.24) is 14.8 Å². The van der Waals surface area contributed by atoms with E-state index in [1.807, 2.05) is 6.20 Å². The van der Waals surface area contributed by atoms with Crippen LogP contribution in [0.1, 0.15) is 30.7 Å². The summed E-state index contributed by atoms with van der Waals surface area (Å²) >= 11 is 1.76. The summed E-state index contributed by atoms with van der Waals surface area (Å²) in [6.45, 7) is 9.48. The highest BCUT2D eigenvalue weighted by Gasteiger charge is 2.40. The van der Waals surface area contributed by atoms with E-state index in [-0.39, 0.29) is 5.60 Å². The van der Waals surface area contributed by atoms with Crippen LogP contribution in [0, 0.1) is 5.92 Å². The molecule has 0 aliphatic carbocycles. The van der Waals surface area contributed by atoms with Gasteiger partial charge in [-0.05, 0) is 31.6 Å². The first kappa shape index (κ1) is 16.9. The molecule has 0 N–H and O–H groups in total. The molecule has 4 heterocycles. The highest BCUT2D eigenvalue weighted by Crippen LogP contribution is 2.31. The fraction of sp³-hybridized carbons (Fsp3) is 0.833. The Labute approximate surface area is 148 Å². The number of aromatic nitrogens is 1. The van der Waals surface area contributed by atoms with Gasteiger partial charge in [0.1, 0.15) is 5.01 Å². The molecule has 6 heteroatoms. The average Bonchev–Trinajstić information content (AvgIpc) is 3.11. The Balaban J connectivity index is 1.27. The van der Waals surface area contributed by atoms with E-state index in [1.165, 1.54) is 50.3 Å². The molecule has 1 spiro atoms. The number of morpholine rings is 1. The second-order valence-corrected chi connectivity index (χ2v) is 8.50. The number of rotatable bonds is 4. The van der Waals surface area contributed by atoms with Crippen LogP contribution >= 0.6 is 11.3 Å². The molecule has 134 valence electrons. The van der Waals surface area contributed by atoms with Gasteiger partial charge in [0, 0.05) is 57.5 Å². The molecular formula is C18H29N3O2S. The molecule has 0 saturated carbocycles. The summed E-state index contributed by atoms with van der Waals surface area (Å²) < 4.78 is 11.8. The SMILES string of the molecule is c1csc(CN2CCOC3(CCN(CC4CCOCC4)CC3)C2)n1. The van der Waals surface area contributed by atoms with Crippen LogP contribution in [0.2, 0.25) is 0 Å². The van der Waals surface area contributed by atoms with Crippen molar-refractivity contribution >= 4 is 11.3 Å². The van der Waals surface area contributed by atoms with E-state index in [0.29, 0.717) is 0 Å². The number of hydrogen-bond donors (Lipinski definition) is 0. The standard InChI is InChI=1S/C18H29N3O2S/c1-9-22-10-2-16(1)13-20-6-3-18(4-7-20)15-21(8-11-23-18)14-17-19-5-12-24-17/h5,12,16H,1-4,6-11,13-15H2. The highest BCUT2D eigenvalue weighted by molar-refractivity contribution is 7.09. The lowest BCUT2D eigenvalue weighted by atomic mass is 9.88. The zero-order valence-electron chi connectivity index (χ0n) is 14.5. The predicted octanol–water partition coefficient (Wildman–Crippen LogP) is 2.24. The van der Waals surface area contributed by atoms with Crippen molar-refractivity contribution < 1.29 is 9.47 Å². The van der Waals surface area contributed by atoms with E-state index >= 15 is 0 Å². The summed E-state index contributed by atoms with van der Waals surface area (Å²) in [5, 5.41) is 3.30. The summed E-state index contributed by atoms with van der Waals surface area (Å²) in [4.78, 5) is 9.63. The monoisotopic (exact) mass is 351 g/mol. The van der Waals surface area contributed by atoms with E-state index in [2.05, 4.69) is 20.2 Å². The third kappa shape index (κ3) is 4.17. The molecule has 24 heavy (non-hydrogen) atoms. The zero-order valence-corrected chi connectivity index (χ0v) is 15.3. The van der Waals surface area contributed by atoms with Gasteiger partial charge in [-0.1, -0.05) is 0 Å². The average molecular weight is 352 g/mol. The first-order valence-electron chi connectivity index (χ1n) is 9.36. The minimum Gasteiger partial charge on any atom is -0.381 e. The van der Waals surface area contributed by atoms with Crippen molar-refractivity contribution in [2.75, 3.05) is 52.5 Å². The van der Waals surface area contributed by atoms with Crippen molar-refractivity contribution in [2.24, 2.45) is 5.92 Å². The summed E-state index contributed by atoms with van der Waals surface area (Å²) in [5.74, 6) is 0.835. The molecule has 1 aromatic heterocycles. The van der Waals surface area contributed by atoms with Gasteiger partial charge < -0.3 is 14.4 Å². The van der Waals surface area contributed by atoms with Crippen LogP contribution in [0.4, 0.5) is 0 Å². The maximum absolute atomic E-state index is 6.29. The number of piperidine rings is 1. The maximum atomic E-state index is 6.29. The topological polar surface area (TPSA) is 37.8 Å². The predicted molar refractivity (Wildman–Crippen MR) is 95.3 cm³/mol. The van der Waals surface area contributed by atoms with Gasteiger partial charge >= 0.3 is 0 Å². The number of likely N-dealkylation sites (tertiary alicyclic amines) is 1. The van der Waals surface area contributed by atoms with Crippen molar-refractivity contribution in [2.45, 2.75) is 37.8 Å². The van der Waals surface area contributed by atoms with Gasteiger partial charge in [0.15, 0.2) is 0 Å². The Kier molecular flexibility index (Phi) is 5.49. The molecule has 0 unspecified atom stereocenters. The lowest BCUT2D eigenvalue weighted by Gasteiger charge is -2.47. The molecular weight excluding hydrogens is 322 g/mol. The number of hydrogen-bond acceptors (Lipinski definition) is 6. The van der Waals surface area contributed by atoms with Gasteiger partial charge in [-0.15, -0.1) is 11.3 Å². The zero-order chi connectivity index (χ0) is 16.2. The Morgan fingerprint density at radius 3 is 2.71 bits per heavy atom. The maximum Gasteiger partial charge on any atom is 0.107 e. The van der Waals surface area contributed by atoms with E-state index in [4.69, 9.17) is 9.47 Å². The van der Waals surface area contributed by atoms with Crippen molar-refractivity contribution in [3.63, 3.8) is 0 Å². The Bertz CT molecular complexity index is 496. The molecule has 0 bridgehead atoms. The Morgan fingerprint density at radius 1 is 1.12 bits per heavy atom. The molecule has 3 fully saturated rings. The molecule has 0 radical (unpaired) electrons. The van der Waals surface area contributed by atoms with E-state index < -0.39 is 0 Å². The van der Waals surface area contributed by atoms with Gasteiger partial charge in [0.2, 0.25) is 0 Å². The van der Waals surface area contributed by atoms with Gasteiger partial charge in [0.25, 0.3) is 0 Å². The van der Waals surface area contributed by atoms with Crippen molar-refractivity contribution in [3.8, 4) is 0 Å². The molecule has 3 aliphatic rings. The van der Waals surface area contributed by atoms with Crippen LogP contribution in [0.25, 0.3) is 0 Å².